The van der Waals surface area contributed by atoms with Crippen LogP contribution in [0.1, 0.15) is 32.1 Å². The highest BCUT2D eigenvalue weighted by atomic mass is 127. The molecule has 0 N–H and O–H groups in total. The molecule has 4 rings (SSSR count). The molecule has 2 fully saturated rings. The summed E-state index contributed by atoms with van der Waals surface area (Å²) in [5.41, 5.74) is 2.25. The lowest BCUT2D eigenvalue weighted by Crippen LogP contribution is -2.50. The Kier molecular flexibility index (Phi) is 4.89. The SMILES string of the molecule is O=C1OC2(CCCCC2)OC(=O)C1=Ic1ccc(-c2ccccc2)cc1. The van der Waals surface area contributed by atoms with E-state index in [-0.39, 0.29) is 3.51 Å². The number of benzene rings is 2. The third-order valence-corrected chi connectivity index (χ3v) is 7.45. The van der Waals surface area contributed by atoms with Gasteiger partial charge in [0.25, 0.3) is 5.79 Å². The predicted molar refractivity (Wildman–Crippen MR) is 108 cm³/mol. The van der Waals surface area contributed by atoms with Gasteiger partial charge in [0, 0.05) is 16.4 Å². The minimum absolute atomic E-state index is 0.187. The average Bonchev–Trinajstić information content (AvgIpc) is 2.67. The molecule has 1 aliphatic carbocycles. The van der Waals surface area contributed by atoms with Gasteiger partial charge in [-0.2, -0.15) is 0 Å². The summed E-state index contributed by atoms with van der Waals surface area (Å²) in [6.07, 6.45) is 4.16. The van der Waals surface area contributed by atoms with E-state index in [1.165, 1.54) is 0 Å². The van der Waals surface area contributed by atoms with Crippen molar-refractivity contribution < 1.29 is 19.1 Å². The maximum Gasteiger partial charge on any atom is 0.354 e. The Balaban J connectivity index is 1.54. The van der Waals surface area contributed by atoms with Gasteiger partial charge in [0.05, 0.1) is 0 Å². The molecule has 2 aromatic rings. The molecule has 0 aromatic heterocycles. The molecular formula is C21H19IO4. The van der Waals surface area contributed by atoms with Crippen LogP contribution < -0.4 is 0 Å². The highest BCUT2D eigenvalue weighted by molar-refractivity contribution is 14.2. The lowest BCUT2D eigenvalue weighted by molar-refractivity contribution is -0.236. The third kappa shape index (κ3) is 3.58. The van der Waals surface area contributed by atoms with E-state index < -0.39 is 38.5 Å². The van der Waals surface area contributed by atoms with Crippen LogP contribution in [-0.2, 0) is 19.1 Å². The smallest absolute Gasteiger partial charge is 0.354 e. The van der Waals surface area contributed by atoms with E-state index in [4.69, 9.17) is 9.47 Å². The number of ether oxygens (including phenoxy) is 2. The van der Waals surface area contributed by atoms with Gasteiger partial charge in [0.2, 0.25) is 0 Å². The van der Waals surface area contributed by atoms with Gasteiger partial charge in [0.1, 0.15) is 0 Å². The van der Waals surface area contributed by atoms with Crippen molar-refractivity contribution in [3.8, 4) is 11.1 Å². The molecule has 0 bridgehead atoms. The summed E-state index contributed by atoms with van der Waals surface area (Å²) in [4.78, 5) is 24.9. The number of esters is 2. The van der Waals surface area contributed by atoms with Crippen LogP contribution in [0, 0.1) is 3.57 Å². The largest absolute Gasteiger partial charge is 0.418 e. The third-order valence-electron chi connectivity index (χ3n) is 4.69. The zero-order valence-electron chi connectivity index (χ0n) is 14.2. The molecule has 134 valence electrons. The molecule has 5 heteroatoms. The summed E-state index contributed by atoms with van der Waals surface area (Å²) >= 11 is -0.929. The fraction of sp³-hybridized carbons (Fsp3) is 0.286. The number of hydrogen-bond acceptors (Lipinski definition) is 4. The van der Waals surface area contributed by atoms with Crippen molar-refractivity contribution in [2.45, 2.75) is 37.9 Å². The molecule has 1 aliphatic heterocycles. The Bertz CT molecular complexity index is 827. The first kappa shape index (κ1) is 17.4. The molecule has 0 radical (unpaired) electrons. The van der Waals surface area contributed by atoms with E-state index in [9.17, 15) is 9.59 Å². The molecule has 1 heterocycles. The zero-order chi connectivity index (χ0) is 18.0. The van der Waals surface area contributed by atoms with Crippen LogP contribution in [0.4, 0.5) is 0 Å². The van der Waals surface area contributed by atoms with E-state index in [0.717, 1.165) is 34.0 Å². The van der Waals surface area contributed by atoms with Crippen molar-refractivity contribution in [2.24, 2.45) is 0 Å². The molecule has 26 heavy (non-hydrogen) atoms. The predicted octanol–water partition coefficient (Wildman–Crippen LogP) is 4.43. The Hall–Kier alpha value is -2.02. The highest BCUT2D eigenvalue weighted by Crippen LogP contribution is 2.36. The van der Waals surface area contributed by atoms with Gasteiger partial charge in [0.15, 0.2) is 3.51 Å². The average molecular weight is 462 g/mol. The van der Waals surface area contributed by atoms with Crippen molar-refractivity contribution in [2.75, 3.05) is 0 Å². The minimum Gasteiger partial charge on any atom is -0.418 e. The maximum absolute atomic E-state index is 12.4. The Morgan fingerprint density at radius 2 is 1.31 bits per heavy atom. The standard InChI is InChI=1S/C21H19IO4/c23-19-18(20(24)26-21(25-19)13-5-2-6-14-21)22-17-11-9-16(10-12-17)15-7-3-1-4-8-15/h1,3-4,7-12H,2,5-6,13-14H2. The summed E-state index contributed by atoms with van der Waals surface area (Å²) in [6.45, 7) is 0. The van der Waals surface area contributed by atoms with Crippen LogP contribution in [0.2, 0.25) is 0 Å². The Morgan fingerprint density at radius 1 is 0.731 bits per heavy atom. The summed E-state index contributed by atoms with van der Waals surface area (Å²) < 4.78 is 12.3. The van der Waals surface area contributed by atoms with Gasteiger partial charge in [-0.05, 0) is 36.1 Å². The molecular weight excluding hydrogens is 443 g/mol. The number of carbonyl (C=O) groups excluding carboxylic acids is 2. The summed E-state index contributed by atoms with van der Waals surface area (Å²) in [5.74, 6) is -1.97. The van der Waals surface area contributed by atoms with E-state index in [1.807, 2.05) is 42.5 Å². The van der Waals surface area contributed by atoms with E-state index >= 15 is 0 Å². The van der Waals surface area contributed by atoms with Crippen LogP contribution in [0.5, 0.6) is 0 Å². The maximum atomic E-state index is 12.4. The van der Waals surface area contributed by atoms with Crippen molar-refractivity contribution in [1.29, 1.82) is 0 Å². The number of hydrogen-bond donors (Lipinski definition) is 0. The molecule has 0 unspecified atom stereocenters. The second kappa shape index (κ2) is 7.31. The molecule has 1 saturated carbocycles. The second-order valence-electron chi connectivity index (χ2n) is 6.53. The van der Waals surface area contributed by atoms with Crippen LogP contribution in [0.15, 0.2) is 54.6 Å². The Morgan fingerprint density at radius 3 is 1.92 bits per heavy atom. The van der Waals surface area contributed by atoms with Crippen LogP contribution >= 0.6 is 20.7 Å². The second-order valence-corrected chi connectivity index (χ2v) is 9.40. The van der Waals surface area contributed by atoms with Crippen LogP contribution in [0.25, 0.3) is 11.1 Å². The van der Waals surface area contributed by atoms with Gasteiger partial charge in [-0.1, -0.05) is 69.6 Å². The summed E-state index contributed by atoms with van der Waals surface area (Å²) in [5, 5.41) is 0. The van der Waals surface area contributed by atoms with Crippen LogP contribution in [0.3, 0.4) is 0 Å². The molecule has 0 atom stereocenters. The van der Waals surface area contributed by atoms with Gasteiger partial charge in [-0.3, -0.25) is 0 Å². The highest BCUT2D eigenvalue weighted by Gasteiger charge is 2.46. The molecule has 2 aliphatic rings. The molecule has 0 amide bonds. The van der Waals surface area contributed by atoms with Crippen molar-refractivity contribution in [1.82, 2.24) is 0 Å². The lowest BCUT2D eigenvalue weighted by atomic mass is 9.93. The quantitative estimate of drug-likeness (QED) is 0.490. The summed E-state index contributed by atoms with van der Waals surface area (Å²) in [7, 11) is 0. The molecule has 1 spiro atoms. The fourth-order valence-corrected chi connectivity index (χ4v) is 5.35. The summed E-state index contributed by atoms with van der Waals surface area (Å²) in [6, 6.07) is 18.1. The van der Waals surface area contributed by atoms with Gasteiger partial charge in [-0.15, -0.1) is 0 Å². The van der Waals surface area contributed by atoms with Gasteiger partial charge >= 0.3 is 11.9 Å². The molecule has 4 nitrogen and oxygen atoms in total. The van der Waals surface area contributed by atoms with Crippen molar-refractivity contribution >= 4 is 36.2 Å². The van der Waals surface area contributed by atoms with Gasteiger partial charge in [-0.25, -0.2) is 9.59 Å². The van der Waals surface area contributed by atoms with Crippen LogP contribution in [-0.4, -0.2) is 21.2 Å². The van der Waals surface area contributed by atoms with Crippen molar-refractivity contribution in [3.05, 3.63) is 58.2 Å². The fourth-order valence-electron chi connectivity index (χ4n) is 3.35. The normalized spacial score (nSPS) is 19.2. The zero-order valence-corrected chi connectivity index (χ0v) is 16.4. The van der Waals surface area contributed by atoms with E-state index in [0.29, 0.717) is 12.8 Å². The van der Waals surface area contributed by atoms with Crippen molar-refractivity contribution in [3.63, 3.8) is 0 Å². The van der Waals surface area contributed by atoms with Gasteiger partial charge < -0.3 is 9.47 Å². The minimum atomic E-state index is -1.00. The Labute approximate surface area is 162 Å². The van der Waals surface area contributed by atoms with E-state index in [2.05, 4.69) is 12.1 Å². The monoisotopic (exact) mass is 462 g/mol. The van der Waals surface area contributed by atoms with E-state index in [1.54, 1.807) is 0 Å². The first-order valence-corrected chi connectivity index (χ1v) is 10.9. The topological polar surface area (TPSA) is 52.6 Å². The number of carbonyl (C=O) groups is 2. The lowest BCUT2D eigenvalue weighted by Gasteiger charge is -2.38. The number of rotatable bonds is 2. The first-order chi connectivity index (χ1) is 12.7. The first-order valence-electron chi connectivity index (χ1n) is 8.79. The molecule has 1 saturated heterocycles. The molecule has 2 aromatic carbocycles. The number of halogens is 1.